The minimum absolute atomic E-state index is 0.0250. The van der Waals surface area contributed by atoms with Gasteiger partial charge in [-0.05, 0) is 25.3 Å². The zero-order chi connectivity index (χ0) is 14.2. The predicted octanol–water partition coefficient (Wildman–Crippen LogP) is 2.42. The summed E-state index contributed by atoms with van der Waals surface area (Å²) in [5.74, 6) is 0. The van der Waals surface area contributed by atoms with E-state index in [2.05, 4.69) is 15.1 Å². The molecule has 6 nitrogen and oxygen atoms in total. The van der Waals surface area contributed by atoms with Crippen LogP contribution < -0.4 is 5.69 Å². The third-order valence-corrected chi connectivity index (χ3v) is 3.91. The van der Waals surface area contributed by atoms with E-state index in [-0.39, 0.29) is 11.9 Å². The lowest BCUT2D eigenvalue weighted by molar-refractivity contribution is -0.0394. The first kappa shape index (κ1) is 12.4. The maximum absolute atomic E-state index is 11.5. The molecule has 1 unspecified atom stereocenters. The van der Waals surface area contributed by atoms with Gasteiger partial charge in [0.25, 0.3) is 0 Å². The molecule has 0 amide bonds. The van der Waals surface area contributed by atoms with Crippen LogP contribution in [0, 0.1) is 0 Å². The van der Waals surface area contributed by atoms with Crippen LogP contribution in [0.3, 0.4) is 0 Å². The van der Waals surface area contributed by atoms with E-state index in [1.165, 1.54) is 6.42 Å². The Morgan fingerprint density at radius 2 is 2.24 bits per heavy atom. The quantitative estimate of drug-likeness (QED) is 0.758. The SMILES string of the molecule is O=c1[nH]c2cccc(-c3cnn(C4CCCCO4)c3)c2[nH]1. The summed E-state index contributed by atoms with van der Waals surface area (Å²) in [5.41, 5.74) is 3.36. The van der Waals surface area contributed by atoms with E-state index < -0.39 is 0 Å². The highest BCUT2D eigenvalue weighted by Gasteiger charge is 2.17. The van der Waals surface area contributed by atoms with Gasteiger partial charge in [-0.15, -0.1) is 0 Å². The minimum atomic E-state index is -0.194. The van der Waals surface area contributed by atoms with Crippen LogP contribution in [0.2, 0.25) is 0 Å². The van der Waals surface area contributed by atoms with E-state index >= 15 is 0 Å². The Labute approximate surface area is 120 Å². The first-order chi connectivity index (χ1) is 10.3. The van der Waals surface area contributed by atoms with Gasteiger partial charge in [-0.2, -0.15) is 5.10 Å². The third-order valence-electron chi connectivity index (χ3n) is 3.91. The van der Waals surface area contributed by atoms with Crippen molar-refractivity contribution in [3.63, 3.8) is 0 Å². The van der Waals surface area contributed by atoms with Crippen molar-refractivity contribution in [1.29, 1.82) is 0 Å². The normalized spacial score (nSPS) is 19.1. The standard InChI is InChI=1S/C15H16N4O2/c20-15-17-12-5-3-4-11(14(12)18-15)10-8-16-19(9-10)13-6-1-2-7-21-13/h3-5,8-9,13H,1-2,6-7H2,(H2,17,18,20). The van der Waals surface area contributed by atoms with Crippen molar-refractivity contribution < 1.29 is 4.74 Å². The van der Waals surface area contributed by atoms with Crippen LogP contribution in [0.25, 0.3) is 22.2 Å². The molecule has 0 aliphatic carbocycles. The number of rotatable bonds is 2. The maximum atomic E-state index is 11.5. The van der Waals surface area contributed by atoms with Crippen LogP contribution in [0.1, 0.15) is 25.5 Å². The van der Waals surface area contributed by atoms with Gasteiger partial charge in [0, 0.05) is 23.9 Å². The van der Waals surface area contributed by atoms with Crippen LogP contribution in [0.15, 0.2) is 35.4 Å². The lowest BCUT2D eigenvalue weighted by Crippen LogP contribution is -2.18. The molecular formula is C15H16N4O2. The van der Waals surface area contributed by atoms with Crippen LogP contribution in [0.5, 0.6) is 0 Å². The van der Waals surface area contributed by atoms with Crippen molar-refractivity contribution in [2.45, 2.75) is 25.5 Å². The molecule has 1 fully saturated rings. The molecular weight excluding hydrogens is 268 g/mol. The van der Waals surface area contributed by atoms with Crippen molar-refractivity contribution in [2.24, 2.45) is 0 Å². The number of nitrogens with zero attached hydrogens (tertiary/aromatic N) is 2. The number of H-pyrrole nitrogens is 2. The monoisotopic (exact) mass is 284 g/mol. The first-order valence-corrected chi connectivity index (χ1v) is 7.18. The number of aromatic amines is 2. The summed E-state index contributed by atoms with van der Waals surface area (Å²) in [6.07, 6.45) is 7.10. The second kappa shape index (κ2) is 4.89. The Balaban J connectivity index is 1.75. The number of fused-ring (bicyclic) bond motifs is 1. The molecule has 0 saturated carbocycles. The topological polar surface area (TPSA) is 75.7 Å². The Hall–Kier alpha value is -2.34. The Morgan fingerprint density at radius 1 is 1.29 bits per heavy atom. The Kier molecular flexibility index (Phi) is 2.89. The number of benzene rings is 1. The molecule has 2 aromatic heterocycles. The zero-order valence-electron chi connectivity index (χ0n) is 11.5. The molecule has 1 aliphatic rings. The van der Waals surface area contributed by atoms with Crippen LogP contribution in [0.4, 0.5) is 0 Å². The fraction of sp³-hybridized carbons (Fsp3) is 0.333. The molecule has 3 aromatic rings. The van der Waals surface area contributed by atoms with Gasteiger partial charge in [-0.3, -0.25) is 0 Å². The molecule has 0 spiro atoms. The molecule has 3 heterocycles. The van der Waals surface area contributed by atoms with E-state index in [1.54, 1.807) is 0 Å². The van der Waals surface area contributed by atoms with E-state index in [9.17, 15) is 4.79 Å². The van der Waals surface area contributed by atoms with Gasteiger partial charge >= 0.3 is 5.69 Å². The van der Waals surface area contributed by atoms with Crippen molar-refractivity contribution in [2.75, 3.05) is 6.61 Å². The molecule has 1 aliphatic heterocycles. The summed E-state index contributed by atoms with van der Waals surface area (Å²) in [7, 11) is 0. The number of hydrogen-bond donors (Lipinski definition) is 2. The molecule has 6 heteroatoms. The molecule has 1 atom stereocenters. The Bertz CT molecular complexity index is 823. The molecule has 1 saturated heterocycles. The Morgan fingerprint density at radius 3 is 3.10 bits per heavy atom. The van der Waals surface area contributed by atoms with Gasteiger partial charge in [0.2, 0.25) is 0 Å². The smallest absolute Gasteiger partial charge is 0.323 e. The lowest BCUT2D eigenvalue weighted by Gasteiger charge is -2.22. The minimum Gasteiger partial charge on any atom is -0.357 e. The highest BCUT2D eigenvalue weighted by molar-refractivity contribution is 5.91. The summed E-state index contributed by atoms with van der Waals surface area (Å²) in [4.78, 5) is 17.1. The first-order valence-electron chi connectivity index (χ1n) is 7.18. The van der Waals surface area contributed by atoms with Crippen LogP contribution in [-0.2, 0) is 4.74 Å². The molecule has 2 N–H and O–H groups in total. The summed E-state index contributed by atoms with van der Waals surface area (Å²) < 4.78 is 7.61. The van der Waals surface area contributed by atoms with Gasteiger partial charge in [0.1, 0.15) is 6.23 Å². The molecule has 0 radical (unpaired) electrons. The van der Waals surface area contributed by atoms with Crippen LogP contribution >= 0.6 is 0 Å². The zero-order valence-corrected chi connectivity index (χ0v) is 11.5. The van der Waals surface area contributed by atoms with E-state index in [0.29, 0.717) is 0 Å². The van der Waals surface area contributed by atoms with Crippen molar-refractivity contribution >= 4 is 11.0 Å². The van der Waals surface area contributed by atoms with Gasteiger partial charge in [0.15, 0.2) is 0 Å². The molecule has 0 bridgehead atoms. The van der Waals surface area contributed by atoms with Gasteiger partial charge in [-0.25, -0.2) is 9.48 Å². The number of nitrogens with one attached hydrogen (secondary N) is 2. The largest absolute Gasteiger partial charge is 0.357 e. The van der Waals surface area contributed by atoms with E-state index in [4.69, 9.17) is 4.74 Å². The number of para-hydroxylation sites is 1. The number of hydrogen-bond acceptors (Lipinski definition) is 3. The molecule has 108 valence electrons. The average molecular weight is 284 g/mol. The second-order valence-electron chi connectivity index (χ2n) is 5.34. The maximum Gasteiger partial charge on any atom is 0.323 e. The van der Waals surface area contributed by atoms with Gasteiger partial charge in [-0.1, -0.05) is 12.1 Å². The van der Waals surface area contributed by atoms with Gasteiger partial charge in [0.05, 0.1) is 17.2 Å². The summed E-state index contributed by atoms with van der Waals surface area (Å²) >= 11 is 0. The third kappa shape index (κ3) is 2.17. The summed E-state index contributed by atoms with van der Waals surface area (Å²) in [6, 6.07) is 5.79. The summed E-state index contributed by atoms with van der Waals surface area (Å²) in [6.45, 7) is 0.792. The van der Waals surface area contributed by atoms with Crippen molar-refractivity contribution in [3.05, 3.63) is 41.1 Å². The van der Waals surface area contributed by atoms with Crippen LogP contribution in [-0.4, -0.2) is 26.4 Å². The fourth-order valence-electron chi connectivity index (χ4n) is 2.87. The lowest BCUT2D eigenvalue weighted by atomic mass is 10.1. The molecule has 21 heavy (non-hydrogen) atoms. The number of aromatic nitrogens is 4. The van der Waals surface area contributed by atoms with Crippen molar-refractivity contribution in [3.8, 4) is 11.1 Å². The number of ether oxygens (including phenoxy) is 1. The van der Waals surface area contributed by atoms with Gasteiger partial charge < -0.3 is 14.7 Å². The average Bonchev–Trinajstić information content (AvgIpc) is 3.13. The molecule has 4 rings (SSSR count). The predicted molar refractivity (Wildman–Crippen MR) is 79.0 cm³/mol. The second-order valence-corrected chi connectivity index (χ2v) is 5.34. The van der Waals surface area contributed by atoms with E-state index in [0.717, 1.165) is 41.6 Å². The fourth-order valence-corrected chi connectivity index (χ4v) is 2.87. The molecule has 1 aromatic carbocycles. The summed E-state index contributed by atoms with van der Waals surface area (Å²) in [5, 5.41) is 4.42. The van der Waals surface area contributed by atoms with Crippen molar-refractivity contribution in [1.82, 2.24) is 19.7 Å². The highest BCUT2D eigenvalue weighted by atomic mass is 16.5. The highest BCUT2D eigenvalue weighted by Crippen LogP contribution is 2.28. The number of imidazole rings is 1. The van der Waals surface area contributed by atoms with E-state index in [1.807, 2.05) is 35.3 Å².